The highest BCUT2D eigenvalue weighted by Crippen LogP contribution is 2.31. The molecule has 20 heavy (non-hydrogen) atoms. The standard InChI is InChI=1S/C15H18FN3S/c1-9(2)14-13(8-17-11-4-5-11)20-15(19-14)12-6-3-10(16)7-18-12/h3,6-7,9,11,17H,4-5,8H2,1-2H3. The van der Waals surface area contributed by atoms with Crippen molar-refractivity contribution >= 4 is 11.3 Å². The first-order chi connectivity index (χ1) is 9.63. The Kier molecular flexibility index (Phi) is 3.81. The SMILES string of the molecule is CC(C)c1nc(-c2ccc(F)cn2)sc1CNC1CC1. The molecule has 0 unspecified atom stereocenters. The highest BCUT2D eigenvalue weighted by atomic mass is 32.1. The molecule has 2 heterocycles. The van der Waals surface area contributed by atoms with Crippen molar-refractivity contribution in [2.75, 3.05) is 0 Å². The molecule has 0 amide bonds. The predicted octanol–water partition coefficient (Wildman–Crippen LogP) is 3.72. The van der Waals surface area contributed by atoms with Gasteiger partial charge in [-0.15, -0.1) is 11.3 Å². The van der Waals surface area contributed by atoms with Crippen molar-refractivity contribution in [3.63, 3.8) is 0 Å². The second kappa shape index (κ2) is 5.58. The molecule has 3 rings (SSSR count). The summed E-state index contributed by atoms with van der Waals surface area (Å²) in [6, 6.07) is 3.81. The molecular formula is C15H18FN3S. The van der Waals surface area contributed by atoms with Gasteiger partial charge in [0, 0.05) is 17.5 Å². The van der Waals surface area contributed by atoms with E-state index in [-0.39, 0.29) is 5.82 Å². The Bertz CT molecular complexity index is 588. The van der Waals surface area contributed by atoms with Crippen LogP contribution < -0.4 is 5.32 Å². The molecule has 0 saturated heterocycles. The maximum Gasteiger partial charge on any atom is 0.142 e. The predicted molar refractivity (Wildman–Crippen MR) is 79.3 cm³/mol. The number of thiazole rings is 1. The van der Waals surface area contributed by atoms with Gasteiger partial charge in [0.05, 0.1) is 17.6 Å². The van der Waals surface area contributed by atoms with Gasteiger partial charge in [-0.05, 0) is 30.9 Å². The van der Waals surface area contributed by atoms with Crippen LogP contribution in [0, 0.1) is 5.82 Å². The van der Waals surface area contributed by atoms with Crippen LogP contribution in [0.15, 0.2) is 18.3 Å². The summed E-state index contributed by atoms with van der Waals surface area (Å²) < 4.78 is 12.9. The summed E-state index contributed by atoms with van der Waals surface area (Å²) >= 11 is 1.66. The van der Waals surface area contributed by atoms with E-state index in [1.165, 1.54) is 30.0 Å². The minimum atomic E-state index is -0.315. The van der Waals surface area contributed by atoms with Crippen molar-refractivity contribution < 1.29 is 4.39 Å². The quantitative estimate of drug-likeness (QED) is 0.912. The molecular weight excluding hydrogens is 273 g/mol. The number of hydrogen-bond donors (Lipinski definition) is 1. The topological polar surface area (TPSA) is 37.8 Å². The second-order valence-corrected chi connectivity index (χ2v) is 6.58. The summed E-state index contributed by atoms with van der Waals surface area (Å²) in [5.74, 6) is 0.0708. The van der Waals surface area contributed by atoms with Crippen molar-refractivity contribution in [1.82, 2.24) is 15.3 Å². The van der Waals surface area contributed by atoms with Crippen molar-refractivity contribution in [2.24, 2.45) is 0 Å². The van der Waals surface area contributed by atoms with Crippen LogP contribution in [0.25, 0.3) is 10.7 Å². The van der Waals surface area contributed by atoms with Gasteiger partial charge >= 0.3 is 0 Å². The van der Waals surface area contributed by atoms with Gasteiger partial charge in [0.2, 0.25) is 0 Å². The molecule has 0 aliphatic heterocycles. The molecule has 2 aromatic heterocycles. The summed E-state index contributed by atoms with van der Waals surface area (Å²) in [5.41, 5.74) is 1.88. The fourth-order valence-electron chi connectivity index (χ4n) is 2.08. The zero-order chi connectivity index (χ0) is 14.1. The Hall–Kier alpha value is -1.33. The molecule has 1 aliphatic carbocycles. The molecule has 0 atom stereocenters. The van der Waals surface area contributed by atoms with Crippen molar-refractivity contribution in [1.29, 1.82) is 0 Å². The number of nitrogens with zero attached hydrogens (tertiary/aromatic N) is 2. The van der Waals surface area contributed by atoms with Crippen LogP contribution in [0.4, 0.5) is 4.39 Å². The number of halogens is 1. The first kappa shape index (κ1) is 13.6. The molecule has 0 bridgehead atoms. The van der Waals surface area contributed by atoms with Crippen molar-refractivity contribution in [3.05, 3.63) is 34.7 Å². The molecule has 3 nitrogen and oxygen atoms in total. The molecule has 1 N–H and O–H groups in total. The Morgan fingerprint density at radius 2 is 2.20 bits per heavy atom. The van der Waals surface area contributed by atoms with Crippen LogP contribution in [0.3, 0.4) is 0 Å². The average molecular weight is 291 g/mol. The van der Waals surface area contributed by atoms with Gasteiger partial charge in [0.15, 0.2) is 0 Å². The highest BCUT2D eigenvalue weighted by molar-refractivity contribution is 7.15. The third kappa shape index (κ3) is 3.04. The Morgan fingerprint density at radius 3 is 2.80 bits per heavy atom. The highest BCUT2D eigenvalue weighted by Gasteiger charge is 2.22. The third-order valence-corrected chi connectivity index (χ3v) is 4.44. The molecule has 0 aromatic carbocycles. The molecule has 5 heteroatoms. The fraction of sp³-hybridized carbons (Fsp3) is 0.467. The lowest BCUT2D eigenvalue weighted by molar-refractivity contribution is 0.622. The normalized spacial score (nSPS) is 15.0. The van der Waals surface area contributed by atoms with E-state index < -0.39 is 0 Å². The first-order valence-electron chi connectivity index (χ1n) is 6.98. The molecule has 1 saturated carbocycles. The summed E-state index contributed by atoms with van der Waals surface area (Å²) in [4.78, 5) is 10.1. The van der Waals surface area contributed by atoms with Gasteiger partial charge in [0.1, 0.15) is 10.8 Å². The number of nitrogens with one attached hydrogen (secondary N) is 1. The van der Waals surface area contributed by atoms with E-state index >= 15 is 0 Å². The molecule has 0 spiro atoms. The van der Waals surface area contributed by atoms with Crippen LogP contribution in [-0.4, -0.2) is 16.0 Å². The van der Waals surface area contributed by atoms with Crippen molar-refractivity contribution in [2.45, 2.75) is 45.2 Å². The maximum atomic E-state index is 12.9. The maximum absolute atomic E-state index is 12.9. The molecule has 1 fully saturated rings. The van der Waals surface area contributed by atoms with E-state index in [1.807, 2.05) is 0 Å². The molecule has 0 radical (unpaired) electrons. The van der Waals surface area contributed by atoms with Crippen LogP contribution in [0.1, 0.15) is 43.2 Å². The van der Waals surface area contributed by atoms with Gasteiger partial charge in [-0.25, -0.2) is 9.37 Å². The van der Waals surface area contributed by atoms with Crippen LogP contribution in [0.5, 0.6) is 0 Å². The minimum absolute atomic E-state index is 0.315. The van der Waals surface area contributed by atoms with Crippen LogP contribution in [0.2, 0.25) is 0 Å². The van der Waals surface area contributed by atoms with Crippen molar-refractivity contribution in [3.8, 4) is 10.7 Å². The average Bonchev–Trinajstić information content (AvgIpc) is 3.15. The Labute approximate surface area is 122 Å². The van der Waals surface area contributed by atoms with E-state index in [0.29, 0.717) is 12.0 Å². The summed E-state index contributed by atoms with van der Waals surface area (Å²) in [6.45, 7) is 5.17. The summed E-state index contributed by atoms with van der Waals surface area (Å²) in [5, 5.41) is 4.41. The summed E-state index contributed by atoms with van der Waals surface area (Å²) in [6.07, 6.45) is 3.80. The smallest absolute Gasteiger partial charge is 0.142 e. The number of pyridine rings is 1. The second-order valence-electron chi connectivity index (χ2n) is 5.50. The van der Waals surface area contributed by atoms with E-state index in [9.17, 15) is 4.39 Å². The van der Waals surface area contributed by atoms with E-state index in [0.717, 1.165) is 22.9 Å². The molecule has 1 aliphatic rings. The first-order valence-corrected chi connectivity index (χ1v) is 7.80. The lowest BCUT2D eigenvalue weighted by Crippen LogP contribution is -2.15. The van der Waals surface area contributed by atoms with Crippen LogP contribution in [-0.2, 0) is 6.54 Å². The fourth-order valence-corrected chi connectivity index (χ4v) is 3.22. The van der Waals surface area contributed by atoms with Gasteiger partial charge in [-0.3, -0.25) is 4.98 Å². The van der Waals surface area contributed by atoms with Gasteiger partial charge < -0.3 is 5.32 Å². The Balaban J connectivity index is 1.86. The molecule has 106 valence electrons. The lowest BCUT2D eigenvalue weighted by atomic mass is 10.1. The van der Waals surface area contributed by atoms with Crippen LogP contribution >= 0.6 is 11.3 Å². The minimum Gasteiger partial charge on any atom is -0.309 e. The monoisotopic (exact) mass is 291 g/mol. The summed E-state index contributed by atoms with van der Waals surface area (Å²) in [7, 11) is 0. The number of hydrogen-bond acceptors (Lipinski definition) is 4. The largest absolute Gasteiger partial charge is 0.309 e. The van der Waals surface area contributed by atoms with Gasteiger partial charge in [-0.2, -0.15) is 0 Å². The Morgan fingerprint density at radius 1 is 1.40 bits per heavy atom. The molecule has 2 aromatic rings. The van der Waals surface area contributed by atoms with Gasteiger partial charge in [0.25, 0.3) is 0 Å². The number of rotatable bonds is 5. The zero-order valence-corrected chi connectivity index (χ0v) is 12.5. The number of aromatic nitrogens is 2. The van der Waals surface area contributed by atoms with E-state index in [4.69, 9.17) is 4.98 Å². The van der Waals surface area contributed by atoms with Gasteiger partial charge in [-0.1, -0.05) is 13.8 Å². The zero-order valence-electron chi connectivity index (χ0n) is 11.7. The third-order valence-electron chi connectivity index (χ3n) is 3.35. The lowest BCUT2D eigenvalue weighted by Gasteiger charge is -2.05. The van der Waals surface area contributed by atoms with E-state index in [1.54, 1.807) is 17.4 Å². The van der Waals surface area contributed by atoms with E-state index in [2.05, 4.69) is 24.1 Å².